The van der Waals surface area contributed by atoms with E-state index in [1.165, 1.54) is 0 Å². The molecule has 0 atom stereocenters. The molecule has 0 saturated carbocycles. The van der Waals surface area contributed by atoms with Crippen LogP contribution in [0.4, 0.5) is 18.0 Å². The van der Waals surface area contributed by atoms with Crippen molar-refractivity contribution in [3.8, 4) is 0 Å². The van der Waals surface area contributed by atoms with Gasteiger partial charge < -0.3 is 14.7 Å². The van der Waals surface area contributed by atoms with Gasteiger partial charge in [-0.15, -0.1) is 0 Å². The van der Waals surface area contributed by atoms with Crippen molar-refractivity contribution in [3.63, 3.8) is 0 Å². The first-order chi connectivity index (χ1) is 12.5. The predicted octanol–water partition coefficient (Wildman–Crippen LogP) is 2.66. The van der Waals surface area contributed by atoms with Crippen molar-refractivity contribution in [2.45, 2.75) is 35.9 Å². The van der Waals surface area contributed by atoms with Gasteiger partial charge in [0.1, 0.15) is 5.60 Å². The minimum absolute atomic E-state index is 0.00551. The number of sulfonamides is 1. The average Bonchev–Trinajstić information content (AvgIpc) is 2.96. The van der Waals surface area contributed by atoms with Crippen molar-refractivity contribution in [2.75, 3.05) is 13.1 Å². The van der Waals surface area contributed by atoms with Crippen LogP contribution < -0.4 is 0 Å². The summed E-state index contributed by atoms with van der Waals surface area (Å²) in [6.45, 7) is -0.0110. The first kappa shape index (κ1) is 19.4. The predicted molar refractivity (Wildman–Crippen MR) is 84.4 cm³/mol. The van der Waals surface area contributed by atoms with Crippen molar-refractivity contribution in [1.29, 1.82) is 0 Å². The van der Waals surface area contributed by atoms with Crippen molar-refractivity contribution < 1.29 is 41.1 Å². The lowest BCUT2D eigenvalue weighted by molar-refractivity contribution is -0.137. The molecule has 27 heavy (non-hydrogen) atoms. The van der Waals surface area contributed by atoms with Gasteiger partial charge in [0.15, 0.2) is 0 Å². The maximum absolute atomic E-state index is 12.8. The highest BCUT2D eigenvalue weighted by atomic mass is 32.2. The molecule has 1 spiro atoms. The zero-order valence-electron chi connectivity index (χ0n) is 13.8. The van der Waals surface area contributed by atoms with Crippen LogP contribution in [0.5, 0.6) is 0 Å². The summed E-state index contributed by atoms with van der Waals surface area (Å²) in [7, 11) is -4.11. The lowest BCUT2D eigenvalue weighted by Gasteiger charge is -2.36. The normalized spacial score (nSPS) is 20.2. The number of halogens is 3. The molecule has 1 aromatic carbocycles. The van der Waals surface area contributed by atoms with Crippen LogP contribution in [0.2, 0.25) is 0 Å². The van der Waals surface area contributed by atoms with Crippen molar-refractivity contribution in [3.05, 3.63) is 29.8 Å². The molecule has 2 heterocycles. The Morgan fingerprint density at radius 2 is 1.96 bits per heavy atom. The summed E-state index contributed by atoms with van der Waals surface area (Å²) in [5.41, 5.74) is -1.91. The van der Waals surface area contributed by atoms with Gasteiger partial charge in [-0.3, -0.25) is 0 Å². The van der Waals surface area contributed by atoms with E-state index >= 15 is 0 Å². The Bertz CT molecular complexity index is 876. The van der Waals surface area contributed by atoms with Crippen LogP contribution in [0.3, 0.4) is 0 Å². The number of piperidine rings is 1. The second-order valence-electron chi connectivity index (χ2n) is 6.23. The SMILES string of the molecule is O=C(O)OC1=NOC2(CCN(S(=O)(=O)c3cccc(C(F)(F)F)c3)CC2)C1. The van der Waals surface area contributed by atoms with Crippen LogP contribution >= 0.6 is 0 Å². The standard InChI is InChI=1S/C15H15F3N2O6S/c16-15(17,18)10-2-1-3-11(8-10)27(23,24)20-6-4-14(5-7-20)9-12(19-26-14)25-13(21)22/h1-3,8H,4-7,9H2,(H,21,22). The molecule has 1 fully saturated rings. The van der Waals surface area contributed by atoms with Gasteiger partial charge in [0, 0.05) is 25.9 Å². The highest BCUT2D eigenvalue weighted by molar-refractivity contribution is 7.89. The van der Waals surface area contributed by atoms with E-state index in [9.17, 15) is 26.4 Å². The summed E-state index contributed by atoms with van der Waals surface area (Å²) in [6.07, 6.45) is -5.70. The number of nitrogens with zero attached hydrogens (tertiary/aromatic N) is 2. The van der Waals surface area contributed by atoms with Gasteiger partial charge in [0.2, 0.25) is 15.9 Å². The smallest absolute Gasteiger partial charge is 0.449 e. The Hall–Kier alpha value is -2.34. The van der Waals surface area contributed by atoms with E-state index in [-0.39, 0.29) is 38.2 Å². The Labute approximate surface area is 152 Å². The molecule has 0 aliphatic carbocycles. The molecule has 1 aromatic rings. The fourth-order valence-corrected chi connectivity index (χ4v) is 4.52. The Morgan fingerprint density at radius 1 is 1.30 bits per heavy atom. The number of alkyl halides is 3. The molecule has 0 radical (unpaired) electrons. The fourth-order valence-electron chi connectivity index (χ4n) is 3.03. The number of oxime groups is 1. The summed E-state index contributed by atoms with van der Waals surface area (Å²) in [6, 6.07) is 3.57. The Balaban J connectivity index is 1.70. The molecule has 0 unspecified atom stereocenters. The summed E-state index contributed by atoms with van der Waals surface area (Å²) < 4.78 is 69.4. The molecule has 3 rings (SSSR count). The highest BCUT2D eigenvalue weighted by Crippen LogP contribution is 2.37. The molecule has 148 valence electrons. The third kappa shape index (κ3) is 4.00. The van der Waals surface area contributed by atoms with Crippen molar-refractivity contribution in [1.82, 2.24) is 4.31 Å². The van der Waals surface area contributed by atoms with Crippen LogP contribution in [0.1, 0.15) is 24.8 Å². The second-order valence-corrected chi connectivity index (χ2v) is 8.17. The van der Waals surface area contributed by atoms with Crippen molar-refractivity contribution in [2.24, 2.45) is 5.16 Å². The number of hydrogen-bond donors (Lipinski definition) is 1. The lowest BCUT2D eigenvalue weighted by Crippen LogP contribution is -2.46. The van der Waals surface area contributed by atoms with Crippen LogP contribution in [-0.2, 0) is 25.8 Å². The van der Waals surface area contributed by atoms with E-state index in [0.717, 1.165) is 22.5 Å². The molecule has 0 aromatic heterocycles. The average molecular weight is 408 g/mol. The molecule has 1 N–H and O–H groups in total. The summed E-state index contributed by atoms with van der Waals surface area (Å²) in [5.74, 6) is -0.114. The molecular weight excluding hydrogens is 393 g/mol. The largest absolute Gasteiger partial charge is 0.512 e. The number of ether oxygens (including phenoxy) is 1. The Morgan fingerprint density at radius 3 is 2.56 bits per heavy atom. The van der Waals surface area contributed by atoms with Gasteiger partial charge in [0.25, 0.3) is 0 Å². The summed E-state index contributed by atoms with van der Waals surface area (Å²) >= 11 is 0. The van der Waals surface area contributed by atoms with Crippen LogP contribution in [0.15, 0.2) is 34.3 Å². The molecule has 1 saturated heterocycles. The minimum Gasteiger partial charge on any atom is -0.449 e. The van der Waals surface area contributed by atoms with Crippen LogP contribution in [-0.4, -0.2) is 48.6 Å². The topological polar surface area (TPSA) is 106 Å². The number of rotatable bonds is 2. The molecule has 2 aliphatic heterocycles. The maximum Gasteiger partial charge on any atom is 0.512 e. The van der Waals surface area contributed by atoms with Gasteiger partial charge >= 0.3 is 12.3 Å². The van der Waals surface area contributed by atoms with E-state index in [2.05, 4.69) is 9.89 Å². The molecule has 2 aliphatic rings. The third-order valence-corrected chi connectivity index (χ3v) is 6.35. The van der Waals surface area contributed by atoms with Crippen LogP contribution in [0, 0.1) is 0 Å². The summed E-state index contributed by atoms with van der Waals surface area (Å²) in [5, 5.41) is 12.1. The number of carbonyl (C=O) groups is 1. The third-order valence-electron chi connectivity index (χ3n) is 4.45. The number of benzene rings is 1. The van der Waals surface area contributed by atoms with Crippen LogP contribution in [0.25, 0.3) is 0 Å². The molecule has 12 heteroatoms. The molecular formula is C15H15F3N2O6S. The second kappa shape index (κ2) is 6.68. The Kier molecular flexibility index (Phi) is 4.80. The van der Waals surface area contributed by atoms with E-state index in [1.807, 2.05) is 0 Å². The fraction of sp³-hybridized carbons (Fsp3) is 0.467. The number of carboxylic acid groups (broad SMARTS) is 1. The van der Waals surface area contributed by atoms with Gasteiger partial charge in [-0.05, 0) is 18.2 Å². The van der Waals surface area contributed by atoms with Gasteiger partial charge in [-0.1, -0.05) is 11.2 Å². The minimum atomic E-state index is -4.65. The van der Waals surface area contributed by atoms with Gasteiger partial charge in [0.05, 0.1) is 16.9 Å². The van der Waals surface area contributed by atoms with E-state index in [4.69, 9.17) is 9.94 Å². The van der Waals surface area contributed by atoms with E-state index in [1.54, 1.807) is 0 Å². The van der Waals surface area contributed by atoms with Crippen molar-refractivity contribution >= 4 is 22.1 Å². The highest BCUT2D eigenvalue weighted by Gasteiger charge is 2.45. The quantitative estimate of drug-likeness (QED) is 0.755. The zero-order chi connectivity index (χ0) is 19.9. The summed E-state index contributed by atoms with van der Waals surface area (Å²) in [4.78, 5) is 15.4. The zero-order valence-corrected chi connectivity index (χ0v) is 14.6. The van der Waals surface area contributed by atoms with E-state index < -0.39 is 38.4 Å². The molecule has 8 nitrogen and oxygen atoms in total. The maximum atomic E-state index is 12.8. The van der Waals surface area contributed by atoms with Gasteiger partial charge in [-0.2, -0.15) is 17.5 Å². The monoisotopic (exact) mass is 408 g/mol. The first-order valence-corrected chi connectivity index (χ1v) is 9.29. The molecule has 0 bridgehead atoms. The number of hydrogen-bond acceptors (Lipinski definition) is 6. The molecule has 0 amide bonds. The lowest BCUT2D eigenvalue weighted by atomic mass is 9.89. The van der Waals surface area contributed by atoms with E-state index in [0.29, 0.717) is 6.07 Å². The van der Waals surface area contributed by atoms with Gasteiger partial charge in [-0.25, -0.2) is 13.2 Å². The first-order valence-electron chi connectivity index (χ1n) is 7.85.